The number of rotatable bonds is 1. The molecule has 0 saturated carbocycles. The van der Waals surface area contributed by atoms with Crippen LogP contribution in [0.3, 0.4) is 0 Å². The molecule has 0 fully saturated rings. The standard InChI is InChI=1S/C9H9N3O2/c1-6-3-9-7(5-10-11(9)2)4-8(6)12(13)14/h3-5H,1-2H3. The third-order valence-electron chi connectivity index (χ3n) is 2.26. The Hall–Kier alpha value is -1.91. The Morgan fingerprint density at radius 2 is 2.21 bits per heavy atom. The van der Waals surface area contributed by atoms with Crippen molar-refractivity contribution >= 4 is 16.6 Å². The molecule has 0 amide bonds. The molecule has 1 aromatic heterocycles. The third-order valence-corrected chi connectivity index (χ3v) is 2.26. The van der Waals surface area contributed by atoms with Crippen LogP contribution in [-0.4, -0.2) is 14.7 Å². The van der Waals surface area contributed by atoms with Crippen molar-refractivity contribution in [2.45, 2.75) is 6.92 Å². The zero-order valence-electron chi connectivity index (χ0n) is 7.89. The van der Waals surface area contributed by atoms with Crippen LogP contribution in [0.4, 0.5) is 5.69 Å². The molecular weight excluding hydrogens is 182 g/mol. The van der Waals surface area contributed by atoms with Crippen molar-refractivity contribution in [2.24, 2.45) is 7.05 Å². The second-order valence-electron chi connectivity index (χ2n) is 3.22. The number of benzene rings is 1. The Labute approximate surface area is 80.1 Å². The molecule has 0 unspecified atom stereocenters. The van der Waals surface area contributed by atoms with Crippen LogP contribution in [0, 0.1) is 17.0 Å². The van der Waals surface area contributed by atoms with Gasteiger partial charge in [-0.2, -0.15) is 5.10 Å². The maximum atomic E-state index is 10.7. The van der Waals surface area contributed by atoms with Crippen LogP contribution in [-0.2, 0) is 7.05 Å². The lowest BCUT2D eigenvalue weighted by molar-refractivity contribution is -0.385. The van der Waals surface area contributed by atoms with E-state index in [1.165, 1.54) is 0 Å². The van der Waals surface area contributed by atoms with Gasteiger partial charge in [0, 0.05) is 24.1 Å². The van der Waals surface area contributed by atoms with E-state index in [0.717, 1.165) is 10.9 Å². The molecule has 14 heavy (non-hydrogen) atoms. The van der Waals surface area contributed by atoms with Crippen LogP contribution in [0.15, 0.2) is 18.3 Å². The van der Waals surface area contributed by atoms with Crippen LogP contribution < -0.4 is 0 Å². The lowest BCUT2D eigenvalue weighted by Crippen LogP contribution is -1.93. The largest absolute Gasteiger partial charge is 0.273 e. The highest BCUT2D eigenvalue weighted by atomic mass is 16.6. The van der Waals surface area contributed by atoms with Gasteiger partial charge in [0.2, 0.25) is 0 Å². The molecule has 2 aromatic rings. The van der Waals surface area contributed by atoms with Crippen LogP contribution in [0.1, 0.15) is 5.56 Å². The fourth-order valence-electron chi connectivity index (χ4n) is 1.49. The SMILES string of the molecule is Cc1cc2c(cnn2C)cc1[N+](=O)[O-]. The first-order valence-electron chi connectivity index (χ1n) is 4.16. The summed E-state index contributed by atoms with van der Waals surface area (Å²) in [4.78, 5) is 10.3. The van der Waals surface area contributed by atoms with Crippen molar-refractivity contribution in [3.63, 3.8) is 0 Å². The van der Waals surface area contributed by atoms with Crippen molar-refractivity contribution in [1.29, 1.82) is 0 Å². The molecule has 1 aromatic carbocycles. The number of nitro groups is 1. The summed E-state index contributed by atoms with van der Waals surface area (Å²) in [6.45, 7) is 1.73. The second kappa shape index (κ2) is 2.80. The molecule has 5 heteroatoms. The van der Waals surface area contributed by atoms with Gasteiger partial charge in [0.15, 0.2) is 0 Å². The Morgan fingerprint density at radius 1 is 1.50 bits per heavy atom. The Balaban J connectivity index is 2.79. The maximum absolute atomic E-state index is 10.7. The molecule has 1 heterocycles. The summed E-state index contributed by atoms with van der Waals surface area (Å²) in [6.07, 6.45) is 1.63. The highest BCUT2D eigenvalue weighted by molar-refractivity contribution is 5.82. The van der Waals surface area contributed by atoms with E-state index in [0.29, 0.717) is 5.56 Å². The van der Waals surface area contributed by atoms with Gasteiger partial charge < -0.3 is 0 Å². The van der Waals surface area contributed by atoms with Gasteiger partial charge in [0.25, 0.3) is 5.69 Å². The molecule has 72 valence electrons. The van der Waals surface area contributed by atoms with Crippen molar-refractivity contribution in [2.75, 3.05) is 0 Å². The van der Waals surface area contributed by atoms with Crippen molar-refractivity contribution in [3.8, 4) is 0 Å². The first kappa shape index (κ1) is 8.68. The number of aryl methyl sites for hydroxylation is 2. The van der Waals surface area contributed by atoms with Gasteiger partial charge in [-0.25, -0.2) is 0 Å². The van der Waals surface area contributed by atoms with Gasteiger partial charge >= 0.3 is 0 Å². The van der Waals surface area contributed by atoms with Gasteiger partial charge in [0.1, 0.15) is 0 Å². The topological polar surface area (TPSA) is 61.0 Å². The summed E-state index contributed by atoms with van der Waals surface area (Å²) in [5, 5.41) is 15.5. The van der Waals surface area contributed by atoms with Crippen molar-refractivity contribution in [3.05, 3.63) is 34.0 Å². The fraction of sp³-hybridized carbons (Fsp3) is 0.222. The number of nitro benzene ring substituents is 1. The zero-order chi connectivity index (χ0) is 10.3. The minimum atomic E-state index is -0.373. The lowest BCUT2D eigenvalue weighted by Gasteiger charge is -1.98. The molecule has 0 aliphatic rings. The summed E-state index contributed by atoms with van der Waals surface area (Å²) >= 11 is 0. The second-order valence-corrected chi connectivity index (χ2v) is 3.22. The summed E-state index contributed by atoms with van der Waals surface area (Å²) in [7, 11) is 1.81. The number of hydrogen-bond acceptors (Lipinski definition) is 3. The first-order chi connectivity index (χ1) is 6.59. The normalized spacial score (nSPS) is 10.7. The molecule has 0 saturated heterocycles. The molecule has 5 nitrogen and oxygen atoms in total. The van der Waals surface area contributed by atoms with Crippen LogP contribution in [0.5, 0.6) is 0 Å². The van der Waals surface area contributed by atoms with Gasteiger partial charge in [-0.1, -0.05) is 0 Å². The molecule has 2 rings (SSSR count). The predicted octanol–water partition coefficient (Wildman–Crippen LogP) is 1.79. The van der Waals surface area contributed by atoms with E-state index in [1.807, 2.05) is 7.05 Å². The third kappa shape index (κ3) is 1.14. The van der Waals surface area contributed by atoms with Gasteiger partial charge in [0.05, 0.1) is 16.6 Å². The number of fused-ring (bicyclic) bond motifs is 1. The monoisotopic (exact) mass is 191 g/mol. The molecule has 0 bridgehead atoms. The Kier molecular flexibility index (Phi) is 1.73. The molecule has 0 spiro atoms. The van der Waals surface area contributed by atoms with Crippen LogP contribution >= 0.6 is 0 Å². The van der Waals surface area contributed by atoms with Gasteiger partial charge in [-0.15, -0.1) is 0 Å². The first-order valence-corrected chi connectivity index (χ1v) is 4.16. The van der Waals surface area contributed by atoms with E-state index in [-0.39, 0.29) is 10.6 Å². The summed E-state index contributed by atoms with van der Waals surface area (Å²) < 4.78 is 1.70. The average molecular weight is 191 g/mol. The molecule has 0 aliphatic carbocycles. The number of hydrogen-bond donors (Lipinski definition) is 0. The highest BCUT2D eigenvalue weighted by Crippen LogP contribution is 2.24. The number of nitrogens with zero attached hydrogens (tertiary/aromatic N) is 3. The summed E-state index contributed by atoms with van der Waals surface area (Å²) in [6, 6.07) is 3.33. The lowest BCUT2D eigenvalue weighted by atomic mass is 10.1. The van der Waals surface area contributed by atoms with E-state index in [9.17, 15) is 10.1 Å². The van der Waals surface area contributed by atoms with Crippen molar-refractivity contribution < 1.29 is 4.92 Å². The summed E-state index contributed by atoms with van der Waals surface area (Å²) in [5.74, 6) is 0. The fourth-order valence-corrected chi connectivity index (χ4v) is 1.49. The quantitative estimate of drug-likeness (QED) is 0.510. The predicted molar refractivity (Wildman–Crippen MR) is 52.1 cm³/mol. The minimum Gasteiger partial charge on any atom is -0.268 e. The van der Waals surface area contributed by atoms with Crippen LogP contribution in [0.25, 0.3) is 10.9 Å². The Morgan fingerprint density at radius 3 is 2.86 bits per heavy atom. The van der Waals surface area contributed by atoms with Crippen molar-refractivity contribution in [1.82, 2.24) is 9.78 Å². The van der Waals surface area contributed by atoms with E-state index >= 15 is 0 Å². The van der Waals surface area contributed by atoms with E-state index < -0.39 is 0 Å². The maximum Gasteiger partial charge on any atom is 0.273 e. The van der Waals surface area contributed by atoms with Gasteiger partial charge in [-0.05, 0) is 13.0 Å². The molecule has 0 aliphatic heterocycles. The molecule has 0 N–H and O–H groups in total. The molecule has 0 radical (unpaired) electrons. The average Bonchev–Trinajstić information content (AvgIpc) is 2.46. The molecule has 0 atom stereocenters. The van der Waals surface area contributed by atoms with Crippen LogP contribution in [0.2, 0.25) is 0 Å². The summed E-state index contributed by atoms with van der Waals surface area (Å²) in [5.41, 5.74) is 1.71. The van der Waals surface area contributed by atoms with Gasteiger partial charge in [-0.3, -0.25) is 14.8 Å². The van der Waals surface area contributed by atoms with E-state index in [1.54, 1.807) is 29.9 Å². The van der Waals surface area contributed by atoms with E-state index in [2.05, 4.69) is 5.10 Å². The molecular formula is C9H9N3O2. The Bertz CT molecular complexity index is 516. The number of aromatic nitrogens is 2. The minimum absolute atomic E-state index is 0.144. The zero-order valence-corrected chi connectivity index (χ0v) is 7.89. The highest BCUT2D eigenvalue weighted by Gasteiger charge is 2.12. The van der Waals surface area contributed by atoms with E-state index in [4.69, 9.17) is 0 Å². The smallest absolute Gasteiger partial charge is 0.268 e.